The largest absolute Gasteiger partial charge is 0.481 e. The number of fused-ring (bicyclic) bond motifs is 8. The molecule has 1 saturated heterocycles. The van der Waals surface area contributed by atoms with Crippen LogP contribution in [0.1, 0.15) is 112 Å². The lowest BCUT2D eigenvalue weighted by molar-refractivity contribution is -0.240. The lowest BCUT2D eigenvalue weighted by Gasteiger charge is -2.72. The molecule has 1 aromatic rings. The first-order valence-electron chi connectivity index (χ1n) is 16.8. The van der Waals surface area contributed by atoms with E-state index in [4.69, 9.17) is 9.47 Å². The number of carboxylic acids is 1. The second-order valence-corrected chi connectivity index (χ2v) is 17.1. The predicted molar refractivity (Wildman–Crippen MR) is 162 cm³/mol. The van der Waals surface area contributed by atoms with E-state index in [0.29, 0.717) is 47.7 Å². The fraction of sp³-hybridized carbons (Fsp3) is 0.784. The van der Waals surface area contributed by atoms with Crippen molar-refractivity contribution in [2.75, 3.05) is 0 Å². The zero-order valence-corrected chi connectivity index (χ0v) is 26.9. The lowest BCUT2D eigenvalue weighted by Crippen LogP contribution is -2.67. The molecular formula is C37H52O5. The van der Waals surface area contributed by atoms with Gasteiger partial charge in [0.05, 0.1) is 11.5 Å². The van der Waals surface area contributed by atoms with Crippen molar-refractivity contribution >= 4 is 12.4 Å². The van der Waals surface area contributed by atoms with Crippen molar-refractivity contribution in [1.82, 2.24) is 0 Å². The van der Waals surface area contributed by atoms with E-state index >= 15 is 0 Å². The molecule has 6 aliphatic rings. The van der Waals surface area contributed by atoms with Crippen LogP contribution in [0.15, 0.2) is 24.3 Å². The minimum atomic E-state index is -0.511. The molecule has 6 fully saturated rings. The topological polar surface area (TPSA) is 76.1 Å². The van der Waals surface area contributed by atoms with Gasteiger partial charge in [0.15, 0.2) is 0 Å². The van der Waals surface area contributed by atoms with E-state index in [1.807, 2.05) is 12.1 Å². The van der Waals surface area contributed by atoms with E-state index in [1.165, 1.54) is 31.2 Å². The van der Waals surface area contributed by atoms with Crippen LogP contribution in [-0.4, -0.2) is 23.7 Å². The minimum absolute atomic E-state index is 0.0317. The Kier molecular flexibility index (Phi) is 6.09. The molecule has 0 amide bonds. The van der Waals surface area contributed by atoms with Crippen LogP contribution in [0, 0.1) is 62.6 Å². The predicted octanol–water partition coefficient (Wildman–Crippen LogP) is 8.25. The van der Waals surface area contributed by atoms with Crippen LogP contribution >= 0.6 is 0 Å². The van der Waals surface area contributed by atoms with Crippen molar-refractivity contribution < 1.29 is 24.2 Å². The summed E-state index contributed by atoms with van der Waals surface area (Å²) in [5.74, 6) is 3.09. The molecule has 1 N–H and O–H groups in total. The SMILES string of the molecule is CC(C)[C@@H]1CC[C@]2(C(=O)O)CC[C@]3(C)[C@H](CC[C@@H]4[C@@]5(C)C[C@@H]6O[C@]6(c6ccc(OC=O)cc6)C(C)(C)[C@@H]5CC[C@]43C)[C@@H]12. The van der Waals surface area contributed by atoms with Gasteiger partial charge in [0.2, 0.25) is 0 Å². The van der Waals surface area contributed by atoms with Crippen LogP contribution in [-0.2, 0) is 19.9 Å². The number of carbonyl (C=O) groups is 2. The highest BCUT2D eigenvalue weighted by Gasteiger charge is 2.79. The molecular weight excluding hydrogens is 524 g/mol. The average Bonchev–Trinajstić information content (AvgIpc) is 3.51. The van der Waals surface area contributed by atoms with Crippen LogP contribution in [0.2, 0.25) is 0 Å². The van der Waals surface area contributed by atoms with E-state index in [9.17, 15) is 14.7 Å². The van der Waals surface area contributed by atoms with Gasteiger partial charge in [0.1, 0.15) is 11.4 Å². The monoisotopic (exact) mass is 576 g/mol. The standard InChI is InChI=1S/C37H52O5/c1-22(2)25-14-17-36(31(39)40)19-18-34(6)26(30(25)36)12-13-28-33(5)20-29-37(42-29,23-8-10-24(11-9-23)41-21-38)32(3,4)27(33)15-16-35(28,34)7/h8-11,21-22,25-30H,12-20H2,1-7H3,(H,39,40)/t25-,26+,27-,28+,29-,30+,33-,34+,35+,36-,37-/m0/s1. The fourth-order valence-corrected chi connectivity index (χ4v) is 13.7. The smallest absolute Gasteiger partial charge is 0.309 e. The molecule has 7 rings (SSSR count). The van der Waals surface area contributed by atoms with Gasteiger partial charge in [-0.15, -0.1) is 0 Å². The summed E-state index contributed by atoms with van der Waals surface area (Å²) in [6, 6.07) is 8.00. The summed E-state index contributed by atoms with van der Waals surface area (Å²) < 4.78 is 11.9. The number of rotatable bonds is 5. The number of benzene rings is 1. The number of carbonyl (C=O) groups excluding carboxylic acids is 1. The first-order chi connectivity index (χ1) is 19.7. The van der Waals surface area contributed by atoms with Crippen molar-refractivity contribution in [3.63, 3.8) is 0 Å². The Morgan fingerprint density at radius 2 is 1.64 bits per heavy atom. The molecule has 1 heterocycles. The van der Waals surface area contributed by atoms with Gasteiger partial charge in [-0.2, -0.15) is 0 Å². The highest BCUT2D eigenvalue weighted by molar-refractivity contribution is 5.76. The van der Waals surface area contributed by atoms with E-state index in [0.717, 1.165) is 32.1 Å². The molecule has 11 atom stereocenters. The maximum Gasteiger partial charge on any atom is 0.309 e. The summed E-state index contributed by atoms with van der Waals surface area (Å²) in [6.45, 7) is 17.9. The lowest BCUT2D eigenvalue weighted by atomic mass is 9.31. The summed E-state index contributed by atoms with van der Waals surface area (Å²) in [7, 11) is 0. The summed E-state index contributed by atoms with van der Waals surface area (Å²) in [5.41, 5.74) is 0.938. The molecule has 5 aliphatic carbocycles. The molecule has 5 heteroatoms. The summed E-state index contributed by atoms with van der Waals surface area (Å²) in [5, 5.41) is 10.7. The number of aliphatic carboxylic acids is 1. The molecule has 1 aliphatic heterocycles. The Balaban J connectivity index is 1.23. The van der Waals surface area contributed by atoms with Gasteiger partial charge in [0.25, 0.3) is 6.47 Å². The second kappa shape index (κ2) is 8.86. The molecule has 1 aromatic carbocycles. The van der Waals surface area contributed by atoms with E-state index in [2.05, 4.69) is 60.6 Å². The van der Waals surface area contributed by atoms with Crippen molar-refractivity contribution in [3.05, 3.63) is 29.8 Å². The summed E-state index contributed by atoms with van der Waals surface area (Å²) in [4.78, 5) is 23.8. The number of carboxylic acid groups (broad SMARTS) is 1. The maximum absolute atomic E-state index is 13.0. The first-order valence-corrected chi connectivity index (χ1v) is 16.8. The molecule has 230 valence electrons. The normalized spacial score (nSPS) is 50.0. The Morgan fingerprint density at radius 3 is 2.29 bits per heavy atom. The molecule has 5 saturated carbocycles. The first kappa shape index (κ1) is 28.9. The number of hydrogen-bond donors (Lipinski definition) is 1. The van der Waals surface area contributed by atoms with Gasteiger partial charge in [-0.25, -0.2) is 0 Å². The van der Waals surface area contributed by atoms with Crippen LogP contribution in [0.4, 0.5) is 0 Å². The Morgan fingerprint density at radius 1 is 0.929 bits per heavy atom. The number of epoxide rings is 1. The van der Waals surface area contributed by atoms with Crippen molar-refractivity contribution in [2.24, 2.45) is 62.6 Å². The minimum Gasteiger partial charge on any atom is -0.481 e. The van der Waals surface area contributed by atoms with Gasteiger partial charge in [-0.3, -0.25) is 9.59 Å². The van der Waals surface area contributed by atoms with Crippen LogP contribution in [0.5, 0.6) is 5.75 Å². The van der Waals surface area contributed by atoms with E-state index in [-0.39, 0.29) is 33.4 Å². The highest BCUT2D eigenvalue weighted by atomic mass is 16.6. The van der Waals surface area contributed by atoms with Gasteiger partial charge < -0.3 is 14.6 Å². The van der Waals surface area contributed by atoms with Crippen LogP contribution < -0.4 is 4.74 Å². The molecule has 42 heavy (non-hydrogen) atoms. The van der Waals surface area contributed by atoms with Gasteiger partial charge in [0, 0.05) is 5.41 Å². The zero-order chi connectivity index (χ0) is 30.1. The molecule has 0 aromatic heterocycles. The number of ether oxygens (including phenoxy) is 2. The van der Waals surface area contributed by atoms with Crippen molar-refractivity contribution in [2.45, 2.75) is 118 Å². The van der Waals surface area contributed by atoms with Crippen LogP contribution in [0.3, 0.4) is 0 Å². The fourth-order valence-electron chi connectivity index (χ4n) is 13.7. The Bertz CT molecular complexity index is 1290. The summed E-state index contributed by atoms with van der Waals surface area (Å²) in [6.07, 6.45) is 9.98. The second-order valence-electron chi connectivity index (χ2n) is 17.1. The van der Waals surface area contributed by atoms with Gasteiger partial charge in [-0.05, 0) is 127 Å². The third-order valence-corrected chi connectivity index (χ3v) is 15.7. The van der Waals surface area contributed by atoms with E-state index in [1.54, 1.807) is 0 Å². The van der Waals surface area contributed by atoms with E-state index < -0.39 is 11.4 Å². The molecule has 0 unspecified atom stereocenters. The Labute approximate surface area is 252 Å². The van der Waals surface area contributed by atoms with Crippen molar-refractivity contribution in [1.29, 1.82) is 0 Å². The molecule has 5 nitrogen and oxygen atoms in total. The average molecular weight is 577 g/mol. The van der Waals surface area contributed by atoms with Gasteiger partial charge in [-0.1, -0.05) is 60.6 Å². The summed E-state index contributed by atoms with van der Waals surface area (Å²) >= 11 is 0. The van der Waals surface area contributed by atoms with Crippen molar-refractivity contribution in [3.8, 4) is 5.75 Å². The maximum atomic E-state index is 13.0. The zero-order valence-electron chi connectivity index (χ0n) is 26.9. The molecule has 0 radical (unpaired) electrons. The van der Waals surface area contributed by atoms with Gasteiger partial charge >= 0.3 is 5.97 Å². The highest BCUT2D eigenvalue weighted by Crippen LogP contribution is 2.81. The Hall–Kier alpha value is -1.88. The van der Waals surface area contributed by atoms with Crippen LogP contribution in [0.25, 0.3) is 0 Å². The molecule has 0 bridgehead atoms. The quantitative estimate of drug-likeness (QED) is 0.282. The molecule has 0 spiro atoms. The third kappa shape index (κ3) is 3.25. The third-order valence-electron chi connectivity index (χ3n) is 15.7. The number of hydrogen-bond acceptors (Lipinski definition) is 4.